The van der Waals surface area contributed by atoms with Crippen molar-refractivity contribution >= 4 is 5.96 Å². The number of rotatable bonds is 7. The van der Waals surface area contributed by atoms with Crippen LogP contribution in [0.5, 0.6) is 0 Å². The lowest BCUT2D eigenvalue weighted by Crippen LogP contribution is -2.40. The van der Waals surface area contributed by atoms with Gasteiger partial charge in [0.1, 0.15) is 0 Å². The molecule has 0 heterocycles. The summed E-state index contributed by atoms with van der Waals surface area (Å²) in [4.78, 5) is 4.62. The van der Waals surface area contributed by atoms with Crippen LogP contribution in [0.1, 0.15) is 38.7 Å². The van der Waals surface area contributed by atoms with E-state index < -0.39 is 0 Å². The first-order valence-electron chi connectivity index (χ1n) is 8.18. The Labute approximate surface area is 134 Å². The van der Waals surface area contributed by atoms with Crippen molar-refractivity contribution in [3.8, 4) is 0 Å². The van der Waals surface area contributed by atoms with Gasteiger partial charge in [0.05, 0.1) is 12.1 Å². The molecule has 2 N–H and O–H groups in total. The minimum absolute atomic E-state index is 0.228. The molecule has 2 rings (SSSR count). The Kier molecular flexibility index (Phi) is 5.83. The second-order valence-corrected chi connectivity index (χ2v) is 6.55. The largest absolute Gasteiger partial charge is 0.377 e. The van der Waals surface area contributed by atoms with E-state index in [1.54, 1.807) is 7.11 Å². The van der Waals surface area contributed by atoms with Crippen LogP contribution < -0.4 is 10.6 Å². The Balaban J connectivity index is 1.82. The molecule has 4 nitrogen and oxygen atoms in total. The van der Waals surface area contributed by atoms with E-state index in [1.807, 2.05) is 13.8 Å². The second-order valence-electron chi connectivity index (χ2n) is 6.55. The fourth-order valence-corrected chi connectivity index (χ4v) is 2.49. The molecule has 0 spiro atoms. The van der Waals surface area contributed by atoms with Crippen LogP contribution in [-0.4, -0.2) is 38.3 Å². The fourth-order valence-electron chi connectivity index (χ4n) is 2.49. The molecule has 1 aromatic rings. The van der Waals surface area contributed by atoms with Crippen molar-refractivity contribution in [2.45, 2.75) is 38.7 Å². The number of benzene rings is 1. The van der Waals surface area contributed by atoms with Gasteiger partial charge in [0, 0.05) is 20.2 Å². The van der Waals surface area contributed by atoms with Crippen LogP contribution in [0.2, 0.25) is 0 Å². The molecule has 0 radical (unpaired) electrons. The van der Waals surface area contributed by atoms with E-state index in [9.17, 15) is 0 Å². The van der Waals surface area contributed by atoms with Gasteiger partial charge in [0.15, 0.2) is 5.96 Å². The standard InChI is InChI=1S/C18H29N3O/c1-5-19-17(21-13-18(2,3)22-4)20-12-15-11-16(15)14-9-7-6-8-10-14/h6-10,15-16H,5,11-13H2,1-4H3,(H2,19,20,21). The third-order valence-corrected chi connectivity index (χ3v) is 4.20. The number of hydrogen-bond acceptors (Lipinski definition) is 2. The molecule has 1 aliphatic carbocycles. The normalized spacial score (nSPS) is 21.5. The summed E-state index contributed by atoms with van der Waals surface area (Å²) in [5.74, 6) is 2.29. The molecular weight excluding hydrogens is 274 g/mol. The van der Waals surface area contributed by atoms with Gasteiger partial charge in [0.2, 0.25) is 0 Å². The molecule has 0 amide bonds. The monoisotopic (exact) mass is 303 g/mol. The summed E-state index contributed by atoms with van der Waals surface area (Å²) in [5, 5.41) is 6.76. The van der Waals surface area contributed by atoms with Gasteiger partial charge in [0.25, 0.3) is 0 Å². The minimum Gasteiger partial charge on any atom is -0.377 e. The van der Waals surface area contributed by atoms with Crippen LogP contribution >= 0.6 is 0 Å². The molecule has 22 heavy (non-hydrogen) atoms. The average Bonchev–Trinajstić information content (AvgIpc) is 3.31. The summed E-state index contributed by atoms with van der Waals surface area (Å²) in [7, 11) is 1.73. The molecular formula is C18H29N3O. The molecule has 122 valence electrons. The van der Waals surface area contributed by atoms with E-state index in [-0.39, 0.29) is 5.60 Å². The van der Waals surface area contributed by atoms with Gasteiger partial charge in [-0.05, 0) is 44.6 Å². The Morgan fingerprint density at radius 3 is 2.64 bits per heavy atom. The van der Waals surface area contributed by atoms with Gasteiger partial charge in [-0.2, -0.15) is 0 Å². The van der Waals surface area contributed by atoms with Crippen LogP contribution in [0.4, 0.5) is 0 Å². The smallest absolute Gasteiger partial charge is 0.191 e. The fraction of sp³-hybridized carbons (Fsp3) is 0.611. The number of ether oxygens (including phenoxy) is 1. The molecule has 1 aliphatic rings. The van der Waals surface area contributed by atoms with Crippen molar-refractivity contribution < 1.29 is 4.74 Å². The van der Waals surface area contributed by atoms with Crippen molar-refractivity contribution in [1.29, 1.82) is 0 Å². The van der Waals surface area contributed by atoms with E-state index in [0.717, 1.165) is 19.0 Å². The summed E-state index contributed by atoms with van der Waals surface area (Å²) in [6.45, 7) is 8.66. The number of nitrogens with one attached hydrogen (secondary N) is 2. The van der Waals surface area contributed by atoms with Crippen molar-refractivity contribution in [2.75, 3.05) is 26.7 Å². The van der Waals surface area contributed by atoms with Crippen molar-refractivity contribution in [2.24, 2.45) is 10.9 Å². The minimum atomic E-state index is -0.228. The SMILES string of the molecule is CCNC(=NCC(C)(C)OC)NCC1CC1c1ccccc1. The van der Waals surface area contributed by atoms with E-state index in [2.05, 4.69) is 52.9 Å². The Bertz CT molecular complexity index is 484. The quantitative estimate of drug-likeness (QED) is 0.601. The maximum absolute atomic E-state index is 5.42. The zero-order chi connectivity index (χ0) is 16.0. The van der Waals surface area contributed by atoms with Gasteiger partial charge < -0.3 is 15.4 Å². The lowest BCUT2D eigenvalue weighted by atomic mass is 10.1. The third kappa shape index (κ3) is 5.02. The summed E-state index contributed by atoms with van der Waals surface area (Å²) in [6, 6.07) is 10.8. The zero-order valence-electron chi connectivity index (χ0n) is 14.2. The highest BCUT2D eigenvalue weighted by Crippen LogP contribution is 2.46. The molecule has 1 fully saturated rings. The zero-order valence-corrected chi connectivity index (χ0v) is 14.2. The van der Waals surface area contributed by atoms with Gasteiger partial charge in [-0.15, -0.1) is 0 Å². The molecule has 4 heteroatoms. The maximum atomic E-state index is 5.42. The van der Waals surface area contributed by atoms with Crippen LogP contribution in [0, 0.1) is 5.92 Å². The van der Waals surface area contributed by atoms with Gasteiger partial charge in [-0.3, -0.25) is 4.99 Å². The summed E-state index contributed by atoms with van der Waals surface area (Å²) < 4.78 is 5.42. The molecule has 0 bridgehead atoms. The van der Waals surface area contributed by atoms with E-state index in [0.29, 0.717) is 18.4 Å². The first-order valence-corrected chi connectivity index (χ1v) is 8.18. The first-order chi connectivity index (χ1) is 10.6. The third-order valence-electron chi connectivity index (χ3n) is 4.20. The molecule has 0 saturated heterocycles. The molecule has 2 unspecified atom stereocenters. The number of methoxy groups -OCH3 is 1. The highest BCUT2D eigenvalue weighted by atomic mass is 16.5. The predicted octanol–water partition coefficient (Wildman–Crippen LogP) is 2.77. The lowest BCUT2D eigenvalue weighted by Gasteiger charge is -2.21. The Morgan fingerprint density at radius 2 is 2.00 bits per heavy atom. The summed E-state index contributed by atoms with van der Waals surface area (Å²) >= 11 is 0. The molecule has 2 atom stereocenters. The average molecular weight is 303 g/mol. The number of guanidine groups is 1. The van der Waals surface area contributed by atoms with Gasteiger partial charge in [-0.1, -0.05) is 30.3 Å². The summed E-state index contributed by atoms with van der Waals surface area (Å²) in [5.41, 5.74) is 1.23. The topological polar surface area (TPSA) is 45.7 Å². The van der Waals surface area contributed by atoms with Gasteiger partial charge in [-0.25, -0.2) is 0 Å². The van der Waals surface area contributed by atoms with Crippen molar-refractivity contribution in [3.05, 3.63) is 35.9 Å². The second kappa shape index (κ2) is 7.63. The Morgan fingerprint density at radius 1 is 1.27 bits per heavy atom. The molecule has 0 aromatic heterocycles. The number of nitrogens with zero attached hydrogens (tertiary/aromatic N) is 1. The van der Waals surface area contributed by atoms with Crippen LogP contribution in [-0.2, 0) is 4.74 Å². The van der Waals surface area contributed by atoms with E-state index in [4.69, 9.17) is 4.74 Å². The first kappa shape index (κ1) is 16.8. The van der Waals surface area contributed by atoms with Gasteiger partial charge >= 0.3 is 0 Å². The number of hydrogen-bond donors (Lipinski definition) is 2. The highest BCUT2D eigenvalue weighted by Gasteiger charge is 2.37. The summed E-state index contributed by atoms with van der Waals surface area (Å²) in [6.07, 6.45) is 1.26. The molecule has 1 saturated carbocycles. The van der Waals surface area contributed by atoms with E-state index in [1.165, 1.54) is 12.0 Å². The molecule has 0 aliphatic heterocycles. The van der Waals surface area contributed by atoms with Crippen LogP contribution in [0.3, 0.4) is 0 Å². The lowest BCUT2D eigenvalue weighted by molar-refractivity contribution is 0.0310. The highest BCUT2D eigenvalue weighted by molar-refractivity contribution is 5.79. The van der Waals surface area contributed by atoms with Crippen LogP contribution in [0.15, 0.2) is 35.3 Å². The maximum Gasteiger partial charge on any atom is 0.191 e. The number of aliphatic imine (C=N–C) groups is 1. The van der Waals surface area contributed by atoms with Crippen molar-refractivity contribution in [1.82, 2.24) is 10.6 Å². The van der Waals surface area contributed by atoms with Crippen LogP contribution in [0.25, 0.3) is 0 Å². The predicted molar refractivity (Wildman–Crippen MR) is 92.4 cm³/mol. The van der Waals surface area contributed by atoms with Crippen molar-refractivity contribution in [3.63, 3.8) is 0 Å². The van der Waals surface area contributed by atoms with E-state index >= 15 is 0 Å². The Hall–Kier alpha value is -1.55. The molecule has 1 aromatic carbocycles.